The first-order valence-corrected chi connectivity index (χ1v) is 7.81. The van der Waals surface area contributed by atoms with Crippen molar-refractivity contribution in [1.82, 2.24) is 20.2 Å². The van der Waals surface area contributed by atoms with E-state index >= 15 is 0 Å². The Bertz CT molecular complexity index is 572. The van der Waals surface area contributed by atoms with Gasteiger partial charge >= 0.3 is 0 Å². The van der Waals surface area contributed by atoms with Gasteiger partial charge in [-0.25, -0.2) is 14.1 Å². The van der Waals surface area contributed by atoms with Gasteiger partial charge in [0.15, 0.2) is 0 Å². The molecule has 114 valence electrons. The van der Waals surface area contributed by atoms with Crippen molar-refractivity contribution in [2.45, 2.75) is 37.2 Å². The molecule has 0 aliphatic carbocycles. The normalized spacial score (nSPS) is 12.8. The summed E-state index contributed by atoms with van der Waals surface area (Å²) in [4.78, 5) is 5.17. The van der Waals surface area contributed by atoms with Crippen LogP contribution in [0.3, 0.4) is 0 Å². The van der Waals surface area contributed by atoms with Crippen LogP contribution in [-0.2, 0) is 6.42 Å². The van der Waals surface area contributed by atoms with Crippen molar-refractivity contribution >= 4 is 11.8 Å². The number of thioether (sulfide) groups is 1. The van der Waals surface area contributed by atoms with Gasteiger partial charge in [-0.05, 0) is 32.0 Å². The van der Waals surface area contributed by atoms with E-state index in [1.165, 1.54) is 12.1 Å². The molecule has 0 spiro atoms. The summed E-state index contributed by atoms with van der Waals surface area (Å²) in [5, 5.41) is 4.21. The van der Waals surface area contributed by atoms with Crippen molar-refractivity contribution in [3.8, 4) is 0 Å². The summed E-state index contributed by atoms with van der Waals surface area (Å²) in [6.07, 6.45) is 2.24. The minimum atomic E-state index is -0.225. The molecule has 0 bridgehead atoms. The first-order valence-electron chi connectivity index (χ1n) is 6.83. The van der Waals surface area contributed by atoms with Gasteiger partial charge in [-0.1, -0.05) is 6.07 Å². The molecule has 1 heterocycles. The van der Waals surface area contributed by atoms with Gasteiger partial charge in [0.1, 0.15) is 18.0 Å². The summed E-state index contributed by atoms with van der Waals surface area (Å²) >= 11 is 1.56. The van der Waals surface area contributed by atoms with Gasteiger partial charge in [-0.3, -0.25) is 11.3 Å². The molecule has 0 aliphatic heterocycles. The molecule has 1 aromatic carbocycles. The fourth-order valence-electron chi connectivity index (χ4n) is 1.99. The molecule has 3 N–H and O–H groups in total. The molecule has 1 atom stereocenters. The smallest absolute Gasteiger partial charge is 0.138 e. The Balaban J connectivity index is 1.95. The van der Waals surface area contributed by atoms with Crippen molar-refractivity contribution in [2.75, 3.05) is 5.75 Å². The average molecular weight is 309 g/mol. The van der Waals surface area contributed by atoms with Crippen LogP contribution in [-0.4, -0.2) is 26.6 Å². The van der Waals surface area contributed by atoms with Gasteiger partial charge < -0.3 is 0 Å². The Morgan fingerprint density at radius 1 is 1.43 bits per heavy atom. The largest absolute Gasteiger partial charge is 0.271 e. The molecule has 7 heteroatoms. The van der Waals surface area contributed by atoms with Crippen molar-refractivity contribution in [2.24, 2.45) is 5.84 Å². The van der Waals surface area contributed by atoms with Crippen LogP contribution in [0, 0.1) is 5.82 Å². The molecule has 0 amide bonds. The lowest BCUT2D eigenvalue weighted by Gasteiger charge is -2.16. The molecular formula is C14H20FN5S. The zero-order chi connectivity index (χ0) is 15.2. The lowest BCUT2D eigenvalue weighted by atomic mass is 10.2. The molecular weight excluding hydrogens is 289 g/mol. The topological polar surface area (TPSA) is 68.8 Å². The fraction of sp³-hybridized carbons (Fsp3) is 0.429. The second kappa shape index (κ2) is 7.53. The second-order valence-electron chi connectivity index (χ2n) is 5.05. The molecule has 0 radical (unpaired) electrons. The number of nitrogens with one attached hydrogen (secondary N) is 1. The van der Waals surface area contributed by atoms with E-state index in [4.69, 9.17) is 5.84 Å². The summed E-state index contributed by atoms with van der Waals surface area (Å²) < 4.78 is 15.0. The van der Waals surface area contributed by atoms with Gasteiger partial charge in [-0.2, -0.15) is 5.10 Å². The number of nitrogens with two attached hydrogens (primary N) is 1. The number of nitrogens with zero attached hydrogens (tertiary/aromatic N) is 3. The number of hydrazine groups is 1. The highest BCUT2D eigenvalue weighted by Crippen LogP contribution is 2.20. The summed E-state index contributed by atoms with van der Waals surface area (Å²) in [5.41, 5.74) is 2.80. The SMILES string of the molecule is CC(C)n1ncnc1CC(CSc1cccc(F)c1)NN. The van der Waals surface area contributed by atoms with Crippen molar-refractivity contribution in [3.05, 3.63) is 42.2 Å². The Morgan fingerprint density at radius 2 is 2.24 bits per heavy atom. The molecule has 5 nitrogen and oxygen atoms in total. The van der Waals surface area contributed by atoms with Gasteiger partial charge in [0, 0.05) is 29.2 Å². The highest BCUT2D eigenvalue weighted by atomic mass is 32.2. The van der Waals surface area contributed by atoms with Crippen LogP contribution in [0.4, 0.5) is 4.39 Å². The molecule has 1 unspecified atom stereocenters. The number of aromatic nitrogens is 3. The third kappa shape index (κ3) is 4.52. The second-order valence-corrected chi connectivity index (χ2v) is 6.14. The molecule has 0 fully saturated rings. The minimum Gasteiger partial charge on any atom is -0.271 e. The maximum Gasteiger partial charge on any atom is 0.138 e. The fourth-order valence-corrected chi connectivity index (χ4v) is 2.97. The van der Waals surface area contributed by atoms with Crippen LogP contribution in [0.25, 0.3) is 0 Å². The van der Waals surface area contributed by atoms with Crippen LogP contribution in [0.1, 0.15) is 25.7 Å². The van der Waals surface area contributed by atoms with E-state index in [9.17, 15) is 4.39 Å². The molecule has 0 saturated heterocycles. The standard InChI is InChI=1S/C14H20FN5S/c1-10(2)20-14(17-9-18-20)7-12(19-16)8-21-13-5-3-4-11(15)6-13/h3-6,9-10,12,19H,7-8,16H2,1-2H3. The van der Waals surface area contributed by atoms with Gasteiger partial charge in [-0.15, -0.1) is 11.8 Å². The maximum atomic E-state index is 13.1. The van der Waals surface area contributed by atoms with Gasteiger partial charge in [0.2, 0.25) is 0 Å². The predicted molar refractivity (Wildman–Crippen MR) is 82.3 cm³/mol. The summed E-state index contributed by atoms with van der Waals surface area (Å²) in [5.74, 6) is 7.01. The highest BCUT2D eigenvalue weighted by molar-refractivity contribution is 7.99. The Hall–Kier alpha value is -1.44. The van der Waals surface area contributed by atoms with Crippen LogP contribution in [0.2, 0.25) is 0 Å². The zero-order valence-corrected chi connectivity index (χ0v) is 13.0. The van der Waals surface area contributed by atoms with Crippen LogP contribution < -0.4 is 11.3 Å². The van der Waals surface area contributed by atoms with E-state index in [1.54, 1.807) is 24.2 Å². The molecule has 21 heavy (non-hydrogen) atoms. The zero-order valence-electron chi connectivity index (χ0n) is 12.2. The highest BCUT2D eigenvalue weighted by Gasteiger charge is 2.14. The lowest BCUT2D eigenvalue weighted by molar-refractivity contribution is 0.477. The Labute approximate surface area is 128 Å². The van der Waals surface area contributed by atoms with Crippen molar-refractivity contribution in [3.63, 3.8) is 0 Å². The quantitative estimate of drug-likeness (QED) is 0.466. The summed E-state index contributed by atoms with van der Waals surface area (Å²) in [6, 6.07) is 6.86. The third-order valence-corrected chi connectivity index (χ3v) is 4.20. The van der Waals surface area contributed by atoms with Crippen molar-refractivity contribution in [1.29, 1.82) is 0 Å². The van der Waals surface area contributed by atoms with E-state index < -0.39 is 0 Å². The Kier molecular flexibility index (Phi) is 5.72. The molecule has 2 aromatic rings. The summed E-state index contributed by atoms with van der Waals surface area (Å²) in [6.45, 7) is 4.12. The van der Waals surface area contributed by atoms with Crippen LogP contribution in [0.5, 0.6) is 0 Å². The monoisotopic (exact) mass is 309 g/mol. The van der Waals surface area contributed by atoms with E-state index in [1.807, 2.05) is 10.7 Å². The van der Waals surface area contributed by atoms with Gasteiger partial charge in [0.25, 0.3) is 0 Å². The van der Waals surface area contributed by atoms with Gasteiger partial charge in [0.05, 0.1) is 0 Å². The maximum absolute atomic E-state index is 13.1. The molecule has 2 rings (SSSR count). The van der Waals surface area contributed by atoms with Crippen molar-refractivity contribution < 1.29 is 4.39 Å². The molecule has 1 aromatic heterocycles. The van der Waals surface area contributed by atoms with E-state index in [-0.39, 0.29) is 17.9 Å². The summed E-state index contributed by atoms with van der Waals surface area (Å²) in [7, 11) is 0. The molecule has 0 saturated carbocycles. The number of halogens is 1. The first-order chi connectivity index (χ1) is 10.1. The number of rotatable bonds is 7. The van der Waals surface area contributed by atoms with E-state index in [2.05, 4.69) is 29.4 Å². The number of hydrogen-bond donors (Lipinski definition) is 2. The van der Waals surface area contributed by atoms with Crippen LogP contribution >= 0.6 is 11.8 Å². The number of hydrogen-bond acceptors (Lipinski definition) is 5. The Morgan fingerprint density at radius 3 is 2.90 bits per heavy atom. The minimum absolute atomic E-state index is 0.0416. The van der Waals surface area contributed by atoms with Crippen LogP contribution in [0.15, 0.2) is 35.5 Å². The average Bonchev–Trinajstić information content (AvgIpc) is 2.91. The first kappa shape index (κ1) is 15.9. The lowest BCUT2D eigenvalue weighted by Crippen LogP contribution is -2.39. The van der Waals surface area contributed by atoms with E-state index in [0.29, 0.717) is 6.42 Å². The third-order valence-electron chi connectivity index (χ3n) is 3.05. The predicted octanol–water partition coefficient (Wildman–Crippen LogP) is 2.16. The van der Waals surface area contributed by atoms with E-state index in [0.717, 1.165) is 16.5 Å². The number of benzene rings is 1. The molecule has 0 aliphatic rings.